The van der Waals surface area contributed by atoms with Crippen LogP contribution in [0, 0.1) is 28.1 Å². The Balaban J connectivity index is 1.93. The van der Waals surface area contributed by atoms with E-state index in [4.69, 9.17) is 9.47 Å². The number of ketones is 2. The smallest absolute Gasteiger partial charge is 0.293 e. The van der Waals surface area contributed by atoms with Crippen LogP contribution in [0.3, 0.4) is 0 Å². The molecule has 8 heteroatoms. The average molecular weight is 420 g/mol. The number of ether oxygens (including phenoxy) is 2. The molecule has 2 N–H and O–H groups in total. The van der Waals surface area contributed by atoms with E-state index < -0.39 is 52.0 Å². The Labute approximate surface area is 174 Å². The van der Waals surface area contributed by atoms with Crippen LogP contribution in [0.15, 0.2) is 11.1 Å². The van der Waals surface area contributed by atoms with Crippen molar-refractivity contribution in [3.63, 3.8) is 0 Å². The molecule has 0 amide bonds. The van der Waals surface area contributed by atoms with Gasteiger partial charge in [0.15, 0.2) is 17.7 Å². The second kappa shape index (κ2) is 6.72. The van der Waals surface area contributed by atoms with Crippen LogP contribution in [0.4, 0.5) is 0 Å². The maximum Gasteiger partial charge on any atom is 0.293 e. The number of fused-ring (bicyclic) bond motifs is 2. The lowest BCUT2D eigenvalue weighted by Gasteiger charge is -2.59. The van der Waals surface area contributed by atoms with Crippen molar-refractivity contribution in [3.05, 3.63) is 11.1 Å². The van der Waals surface area contributed by atoms with Gasteiger partial charge in [-0.15, -0.1) is 0 Å². The maximum absolute atomic E-state index is 13.5. The first-order chi connectivity index (χ1) is 14.1. The first-order valence-electron chi connectivity index (χ1n) is 10.4. The van der Waals surface area contributed by atoms with Crippen molar-refractivity contribution in [2.24, 2.45) is 28.1 Å². The Morgan fingerprint density at radius 2 is 1.80 bits per heavy atom. The number of rotatable bonds is 5. The van der Waals surface area contributed by atoms with Crippen molar-refractivity contribution in [1.82, 2.24) is 0 Å². The maximum atomic E-state index is 13.5. The van der Waals surface area contributed by atoms with E-state index in [9.17, 15) is 29.4 Å². The van der Waals surface area contributed by atoms with Crippen LogP contribution in [-0.2, 0) is 28.7 Å². The Kier molecular flexibility index (Phi) is 4.74. The zero-order chi connectivity index (χ0) is 22.1. The summed E-state index contributed by atoms with van der Waals surface area (Å²) in [6.45, 7) is 6.02. The molecule has 8 atom stereocenters. The molecule has 4 rings (SSSR count). The second-order valence-electron chi connectivity index (χ2n) is 9.98. The minimum Gasteiger partial charge on any atom is -0.467 e. The molecule has 4 aliphatic carbocycles. The van der Waals surface area contributed by atoms with Gasteiger partial charge in [-0.05, 0) is 25.2 Å². The van der Waals surface area contributed by atoms with E-state index >= 15 is 0 Å². The lowest BCUT2D eigenvalue weighted by molar-refractivity contribution is -0.172. The molecule has 2 saturated carbocycles. The summed E-state index contributed by atoms with van der Waals surface area (Å²) in [7, 11) is 0. The van der Waals surface area contributed by atoms with E-state index in [0.717, 1.165) is 0 Å². The van der Waals surface area contributed by atoms with Crippen LogP contribution in [0.25, 0.3) is 0 Å². The molecule has 164 valence electrons. The molecular weight excluding hydrogens is 392 g/mol. The lowest BCUT2D eigenvalue weighted by Crippen LogP contribution is -2.64. The molecular formula is C22H28O8. The van der Waals surface area contributed by atoms with E-state index in [1.54, 1.807) is 6.92 Å². The molecule has 4 aliphatic rings. The van der Waals surface area contributed by atoms with Crippen LogP contribution >= 0.6 is 0 Å². The van der Waals surface area contributed by atoms with E-state index in [2.05, 4.69) is 0 Å². The standard InChI is InChI=1S/C22H28O8/c1-11-7-22(11)18(27)12-13(14(25)19(22)28)21(3)6-4-5-20(2,8-29-9-23)17(21)15(26)16(12)30-10-24/h9-11,15-17,19,26,28H,4-8H2,1-3H3/t11-,15+,16-,17-,19-,20+,21+,22-/m0/s1. The molecule has 0 aliphatic heterocycles. The van der Waals surface area contributed by atoms with Crippen molar-refractivity contribution in [2.75, 3.05) is 6.61 Å². The highest BCUT2D eigenvalue weighted by molar-refractivity contribution is 6.19. The van der Waals surface area contributed by atoms with Crippen molar-refractivity contribution in [3.8, 4) is 0 Å². The van der Waals surface area contributed by atoms with Crippen molar-refractivity contribution >= 4 is 24.5 Å². The van der Waals surface area contributed by atoms with Gasteiger partial charge in [0.2, 0.25) is 0 Å². The van der Waals surface area contributed by atoms with Crippen molar-refractivity contribution < 1.29 is 38.9 Å². The fourth-order valence-corrected chi connectivity index (χ4v) is 6.95. The van der Waals surface area contributed by atoms with E-state index in [-0.39, 0.29) is 30.1 Å². The molecule has 1 spiro atoms. The molecule has 2 fully saturated rings. The largest absolute Gasteiger partial charge is 0.467 e. The minimum atomic E-state index is -1.44. The number of Topliss-reactive ketones (excluding diaryl/α,β-unsaturated/α-hetero) is 2. The molecule has 30 heavy (non-hydrogen) atoms. The molecule has 0 bridgehead atoms. The molecule has 0 unspecified atom stereocenters. The van der Waals surface area contributed by atoms with Gasteiger partial charge in [-0.3, -0.25) is 19.2 Å². The Bertz CT molecular complexity index is 848. The molecule has 0 heterocycles. The molecule has 8 nitrogen and oxygen atoms in total. The van der Waals surface area contributed by atoms with Crippen molar-refractivity contribution in [1.29, 1.82) is 0 Å². The topological polar surface area (TPSA) is 127 Å². The minimum absolute atomic E-state index is 0.0237. The van der Waals surface area contributed by atoms with E-state index in [1.165, 1.54) is 0 Å². The van der Waals surface area contributed by atoms with Gasteiger partial charge in [0.25, 0.3) is 12.9 Å². The summed E-state index contributed by atoms with van der Waals surface area (Å²) in [5, 5.41) is 22.2. The van der Waals surface area contributed by atoms with Crippen LogP contribution in [0.1, 0.15) is 46.5 Å². The summed E-state index contributed by atoms with van der Waals surface area (Å²) in [5.74, 6) is -1.71. The fourth-order valence-electron chi connectivity index (χ4n) is 6.95. The summed E-state index contributed by atoms with van der Waals surface area (Å²) in [6.07, 6.45) is -1.77. The van der Waals surface area contributed by atoms with Gasteiger partial charge in [-0.25, -0.2) is 0 Å². The molecule has 0 radical (unpaired) electrons. The molecule has 0 aromatic heterocycles. The van der Waals surface area contributed by atoms with Gasteiger partial charge in [0.1, 0.15) is 6.10 Å². The monoisotopic (exact) mass is 420 g/mol. The summed E-state index contributed by atoms with van der Waals surface area (Å²) < 4.78 is 10.3. The predicted octanol–water partition coefficient (Wildman–Crippen LogP) is 0.724. The second-order valence-corrected chi connectivity index (χ2v) is 9.98. The van der Waals surface area contributed by atoms with E-state index in [0.29, 0.717) is 32.2 Å². The third-order valence-corrected chi connectivity index (χ3v) is 8.35. The summed E-state index contributed by atoms with van der Waals surface area (Å²) >= 11 is 0. The van der Waals surface area contributed by atoms with Crippen LogP contribution in [0.2, 0.25) is 0 Å². The summed E-state index contributed by atoms with van der Waals surface area (Å²) in [5.41, 5.74) is -2.61. The number of aliphatic hydroxyl groups is 2. The highest BCUT2D eigenvalue weighted by Crippen LogP contribution is 2.66. The predicted molar refractivity (Wildman–Crippen MR) is 102 cm³/mol. The Hall–Kier alpha value is -2.06. The van der Waals surface area contributed by atoms with Gasteiger partial charge in [-0.2, -0.15) is 0 Å². The molecule has 0 aromatic rings. The normalized spacial score (nSPS) is 47.4. The van der Waals surface area contributed by atoms with E-state index in [1.807, 2.05) is 13.8 Å². The fraction of sp³-hybridized carbons (Fsp3) is 0.727. The van der Waals surface area contributed by atoms with Gasteiger partial charge < -0.3 is 19.7 Å². The first kappa shape index (κ1) is 21.2. The first-order valence-corrected chi connectivity index (χ1v) is 10.4. The van der Waals surface area contributed by atoms with Gasteiger partial charge >= 0.3 is 0 Å². The van der Waals surface area contributed by atoms with Crippen LogP contribution in [-0.4, -0.2) is 59.6 Å². The lowest BCUT2D eigenvalue weighted by atomic mass is 9.46. The average Bonchev–Trinajstić information content (AvgIpc) is 3.37. The Morgan fingerprint density at radius 1 is 1.13 bits per heavy atom. The number of aliphatic hydroxyl groups excluding tert-OH is 2. The van der Waals surface area contributed by atoms with Crippen molar-refractivity contribution in [2.45, 2.75) is 64.8 Å². The van der Waals surface area contributed by atoms with Crippen LogP contribution < -0.4 is 0 Å². The highest BCUT2D eigenvalue weighted by atomic mass is 16.5. The molecule has 0 aromatic carbocycles. The number of carbonyl (C=O) groups excluding carboxylic acids is 4. The third-order valence-electron chi connectivity index (χ3n) is 8.35. The highest BCUT2D eigenvalue weighted by Gasteiger charge is 2.72. The summed E-state index contributed by atoms with van der Waals surface area (Å²) in [6, 6.07) is 0. The van der Waals surface area contributed by atoms with Gasteiger partial charge in [-0.1, -0.05) is 27.2 Å². The van der Waals surface area contributed by atoms with Crippen LogP contribution in [0.5, 0.6) is 0 Å². The summed E-state index contributed by atoms with van der Waals surface area (Å²) in [4.78, 5) is 49.2. The zero-order valence-electron chi connectivity index (χ0n) is 17.4. The SMILES string of the molecule is C[C@H]1C[C@@]12C(=O)C1=C(C(=O)[C@@H]2O)[C@@]2(C)CCC[C@](C)(COC=O)[C@@H]2[C@H](O)[C@H]1OC=O. The Morgan fingerprint density at radius 3 is 2.37 bits per heavy atom. The third kappa shape index (κ3) is 2.46. The number of hydrogen-bond donors (Lipinski definition) is 2. The molecule has 0 saturated heterocycles. The zero-order valence-corrected chi connectivity index (χ0v) is 17.4. The number of hydrogen-bond acceptors (Lipinski definition) is 8. The van der Waals surface area contributed by atoms with Gasteiger partial charge in [0, 0.05) is 27.9 Å². The van der Waals surface area contributed by atoms with Gasteiger partial charge in [0.05, 0.1) is 18.1 Å². The quantitative estimate of drug-likeness (QED) is 0.623. The number of carbonyl (C=O) groups is 4.